The van der Waals surface area contributed by atoms with Gasteiger partial charge < -0.3 is 13.9 Å². The zero-order chi connectivity index (χ0) is 18.8. The SMILES string of the molecule is CCc1cc2c(=O)c(-c3ccc(OC)cc3)c(C)oc2cc1OC(C)=O. The molecule has 1 aromatic heterocycles. The van der Waals surface area contributed by atoms with Gasteiger partial charge in [0.15, 0.2) is 0 Å². The van der Waals surface area contributed by atoms with Gasteiger partial charge in [0.05, 0.1) is 18.1 Å². The van der Waals surface area contributed by atoms with Gasteiger partial charge in [-0.05, 0) is 42.7 Å². The summed E-state index contributed by atoms with van der Waals surface area (Å²) < 4.78 is 16.3. The Kier molecular flexibility index (Phi) is 4.80. The number of carbonyl (C=O) groups is 1. The number of hydrogen-bond acceptors (Lipinski definition) is 5. The van der Waals surface area contributed by atoms with Crippen LogP contribution in [0, 0.1) is 6.92 Å². The molecule has 0 radical (unpaired) electrons. The second-order valence-electron chi connectivity index (χ2n) is 5.99. The minimum Gasteiger partial charge on any atom is -0.497 e. The molecule has 26 heavy (non-hydrogen) atoms. The predicted octanol–water partition coefficient (Wildman–Crippen LogP) is 4.26. The van der Waals surface area contributed by atoms with E-state index in [1.165, 1.54) is 6.92 Å². The Hall–Kier alpha value is -3.08. The lowest BCUT2D eigenvalue weighted by Gasteiger charge is -2.11. The van der Waals surface area contributed by atoms with Crippen molar-refractivity contribution in [2.24, 2.45) is 0 Å². The standard InChI is InChI=1S/C21H20O5/c1-5-14-10-17-19(11-18(14)26-13(3)22)25-12(2)20(21(17)23)15-6-8-16(24-4)9-7-15/h6-11H,5H2,1-4H3. The number of carbonyl (C=O) groups excluding carboxylic acids is 1. The number of methoxy groups -OCH3 is 1. The van der Waals surface area contributed by atoms with E-state index >= 15 is 0 Å². The Balaban J connectivity index is 2.23. The highest BCUT2D eigenvalue weighted by molar-refractivity contribution is 5.85. The number of aryl methyl sites for hydroxylation is 2. The predicted molar refractivity (Wildman–Crippen MR) is 99.9 cm³/mol. The van der Waals surface area contributed by atoms with E-state index in [1.807, 2.05) is 19.1 Å². The average Bonchev–Trinajstić information content (AvgIpc) is 2.61. The summed E-state index contributed by atoms with van der Waals surface area (Å²) in [7, 11) is 1.59. The first-order valence-corrected chi connectivity index (χ1v) is 8.37. The summed E-state index contributed by atoms with van der Waals surface area (Å²) in [5.41, 5.74) is 2.35. The quantitative estimate of drug-likeness (QED) is 0.518. The molecular weight excluding hydrogens is 332 g/mol. The largest absolute Gasteiger partial charge is 0.497 e. The van der Waals surface area contributed by atoms with E-state index in [4.69, 9.17) is 13.9 Å². The molecule has 1 heterocycles. The number of benzene rings is 2. The maximum absolute atomic E-state index is 13.1. The fraction of sp³-hybridized carbons (Fsp3) is 0.238. The number of esters is 1. The fourth-order valence-corrected chi connectivity index (χ4v) is 3.00. The number of rotatable bonds is 4. The smallest absolute Gasteiger partial charge is 0.308 e. The summed E-state index contributed by atoms with van der Waals surface area (Å²) >= 11 is 0. The summed E-state index contributed by atoms with van der Waals surface area (Å²) in [6, 6.07) is 10.6. The molecule has 0 atom stereocenters. The van der Waals surface area contributed by atoms with Crippen molar-refractivity contribution in [3.8, 4) is 22.6 Å². The molecule has 0 amide bonds. The molecule has 5 nitrogen and oxygen atoms in total. The van der Waals surface area contributed by atoms with Crippen LogP contribution < -0.4 is 14.9 Å². The molecule has 3 rings (SSSR count). The Morgan fingerprint density at radius 1 is 1.15 bits per heavy atom. The minimum atomic E-state index is -0.409. The second kappa shape index (κ2) is 7.04. The molecule has 0 aliphatic carbocycles. The van der Waals surface area contributed by atoms with Gasteiger partial charge in [-0.2, -0.15) is 0 Å². The lowest BCUT2D eigenvalue weighted by Crippen LogP contribution is -2.09. The normalized spacial score (nSPS) is 10.8. The third-order valence-electron chi connectivity index (χ3n) is 4.26. The molecule has 0 saturated carbocycles. The summed E-state index contributed by atoms with van der Waals surface area (Å²) in [5.74, 6) is 1.24. The van der Waals surface area contributed by atoms with Crippen LogP contribution in [0.15, 0.2) is 45.6 Å². The van der Waals surface area contributed by atoms with Crippen LogP contribution in [0.25, 0.3) is 22.1 Å². The Labute approximate surface area is 151 Å². The van der Waals surface area contributed by atoms with Crippen LogP contribution in [-0.4, -0.2) is 13.1 Å². The van der Waals surface area contributed by atoms with Crippen LogP contribution in [0.3, 0.4) is 0 Å². The Bertz CT molecular complexity index is 1030. The van der Waals surface area contributed by atoms with Crippen LogP contribution in [0.1, 0.15) is 25.2 Å². The zero-order valence-corrected chi connectivity index (χ0v) is 15.2. The van der Waals surface area contributed by atoms with Crippen molar-refractivity contribution in [2.75, 3.05) is 7.11 Å². The van der Waals surface area contributed by atoms with Gasteiger partial charge in [0.1, 0.15) is 22.8 Å². The first-order chi connectivity index (χ1) is 12.4. The van der Waals surface area contributed by atoms with Gasteiger partial charge in [0, 0.05) is 13.0 Å². The maximum Gasteiger partial charge on any atom is 0.308 e. The molecule has 0 aliphatic heterocycles. The Morgan fingerprint density at radius 2 is 1.85 bits per heavy atom. The van der Waals surface area contributed by atoms with E-state index in [-0.39, 0.29) is 5.43 Å². The molecule has 134 valence electrons. The van der Waals surface area contributed by atoms with Crippen molar-refractivity contribution >= 4 is 16.9 Å². The summed E-state index contributed by atoms with van der Waals surface area (Å²) in [6.07, 6.45) is 0.629. The summed E-state index contributed by atoms with van der Waals surface area (Å²) in [5, 5.41) is 0.467. The maximum atomic E-state index is 13.1. The van der Waals surface area contributed by atoms with Crippen LogP contribution in [-0.2, 0) is 11.2 Å². The highest BCUT2D eigenvalue weighted by atomic mass is 16.5. The molecule has 0 fully saturated rings. The lowest BCUT2D eigenvalue weighted by molar-refractivity contribution is -0.131. The van der Waals surface area contributed by atoms with E-state index in [9.17, 15) is 9.59 Å². The molecule has 0 N–H and O–H groups in total. The molecule has 0 saturated heterocycles. The highest BCUT2D eigenvalue weighted by Gasteiger charge is 2.17. The van der Waals surface area contributed by atoms with E-state index in [0.717, 1.165) is 16.9 Å². The third-order valence-corrected chi connectivity index (χ3v) is 4.26. The van der Waals surface area contributed by atoms with Crippen molar-refractivity contribution in [2.45, 2.75) is 27.2 Å². The monoisotopic (exact) mass is 352 g/mol. The number of ether oxygens (including phenoxy) is 2. The van der Waals surface area contributed by atoms with Crippen LogP contribution in [0.4, 0.5) is 0 Å². The van der Waals surface area contributed by atoms with Crippen LogP contribution in [0.5, 0.6) is 11.5 Å². The molecular formula is C21H20O5. The molecule has 3 aromatic rings. The fourth-order valence-electron chi connectivity index (χ4n) is 3.00. The first kappa shape index (κ1) is 17.7. The molecule has 5 heteroatoms. The molecule has 0 spiro atoms. The van der Waals surface area contributed by atoms with Gasteiger partial charge in [-0.15, -0.1) is 0 Å². The second-order valence-corrected chi connectivity index (χ2v) is 5.99. The highest BCUT2D eigenvalue weighted by Crippen LogP contribution is 2.30. The Morgan fingerprint density at radius 3 is 2.42 bits per heavy atom. The molecule has 0 bridgehead atoms. The lowest BCUT2D eigenvalue weighted by atomic mass is 10.0. The first-order valence-electron chi connectivity index (χ1n) is 8.37. The van der Waals surface area contributed by atoms with Gasteiger partial charge in [-0.25, -0.2) is 0 Å². The summed E-state index contributed by atoms with van der Waals surface area (Å²) in [4.78, 5) is 24.4. The van der Waals surface area contributed by atoms with Crippen molar-refractivity contribution in [1.82, 2.24) is 0 Å². The van der Waals surface area contributed by atoms with E-state index in [1.54, 1.807) is 38.3 Å². The minimum absolute atomic E-state index is 0.113. The van der Waals surface area contributed by atoms with Gasteiger partial charge in [0.25, 0.3) is 0 Å². The molecule has 2 aromatic carbocycles. The van der Waals surface area contributed by atoms with E-state index in [2.05, 4.69) is 0 Å². The number of hydrogen-bond donors (Lipinski definition) is 0. The van der Waals surface area contributed by atoms with Crippen molar-refractivity contribution < 1.29 is 18.7 Å². The zero-order valence-electron chi connectivity index (χ0n) is 15.2. The van der Waals surface area contributed by atoms with E-state index < -0.39 is 5.97 Å². The van der Waals surface area contributed by atoms with Crippen molar-refractivity contribution in [3.05, 3.63) is 57.9 Å². The molecule has 0 aliphatic rings. The summed E-state index contributed by atoms with van der Waals surface area (Å²) in [6.45, 7) is 5.03. The van der Waals surface area contributed by atoms with Crippen molar-refractivity contribution in [3.63, 3.8) is 0 Å². The van der Waals surface area contributed by atoms with Gasteiger partial charge in [-0.3, -0.25) is 9.59 Å². The van der Waals surface area contributed by atoms with Crippen LogP contribution in [0.2, 0.25) is 0 Å². The van der Waals surface area contributed by atoms with Gasteiger partial charge in [0.2, 0.25) is 5.43 Å². The number of fused-ring (bicyclic) bond motifs is 1. The van der Waals surface area contributed by atoms with Crippen LogP contribution >= 0.6 is 0 Å². The topological polar surface area (TPSA) is 65.7 Å². The van der Waals surface area contributed by atoms with E-state index in [0.29, 0.717) is 34.5 Å². The van der Waals surface area contributed by atoms with Gasteiger partial charge in [-0.1, -0.05) is 19.1 Å². The molecule has 0 unspecified atom stereocenters. The van der Waals surface area contributed by atoms with Gasteiger partial charge >= 0.3 is 5.97 Å². The third kappa shape index (κ3) is 3.20. The van der Waals surface area contributed by atoms with Crippen molar-refractivity contribution in [1.29, 1.82) is 0 Å². The average molecular weight is 352 g/mol.